The fourth-order valence-electron chi connectivity index (χ4n) is 6.24. The van der Waals surface area contributed by atoms with Gasteiger partial charge in [0.2, 0.25) is 5.88 Å². The summed E-state index contributed by atoms with van der Waals surface area (Å²) in [5.74, 6) is 0.0764. The first-order valence-electron chi connectivity index (χ1n) is 14.5. The van der Waals surface area contributed by atoms with Crippen molar-refractivity contribution < 1.29 is 14.6 Å². The Labute approximate surface area is 249 Å². The third-order valence-electron chi connectivity index (χ3n) is 8.44. The molecule has 5 aromatic rings. The van der Waals surface area contributed by atoms with Crippen LogP contribution in [-0.2, 0) is 36.1 Å². The zero-order valence-corrected chi connectivity index (χ0v) is 25.3. The van der Waals surface area contributed by atoms with E-state index in [1.54, 1.807) is 22.1 Å². The third-order valence-corrected chi connectivity index (χ3v) is 9.44. The molecule has 0 fully saturated rings. The Morgan fingerprint density at radius 1 is 1.24 bits per heavy atom. The molecule has 4 aromatic heterocycles. The predicted octanol–water partition coefficient (Wildman–Crippen LogP) is 5.66. The summed E-state index contributed by atoms with van der Waals surface area (Å²) >= 11 is 1.74. The number of hydrogen-bond acceptors (Lipinski definition) is 9. The van der Waals surface area contributed by atoms with Crippen LogP contribution in [-0.4, -0.2) is 54.1 Å². The van der Waals surface area contributed by atoms with E-state index >= 15 is 0 Å². The van der Waals surface area contributed by atoms with E-state index in [0.29, 0.717) is 24.7 Å². The minimum Gasteiger partial charge on any atom is -0.493 e. The van der Waals surface area contributed by atoms with Gasteiger partial charge in [0.15, 0.2) is 5.65 Å². The number of carbonyl (C=O) groups is 1. The van der Waals surface area contributed by atoms with Crippen molar-refractivity contribution in [2.75, 3.05) is 13.2 Å². The molecule has 9 nitrogen and oxygen atoms in total. The van der Waals surface area contributed by atoms with Gasteiger partial charge in [0.1, 0.15) is 5.52 Å². The highest BCUT2D eigenvalue weighted by atomic mass is 32.1. The Hall–Kier alpha value is -3.89. The Kier molecular flexibility index (Phi) is 7.92. The number of ether oxygens (including phenoxy) is 1. The molecule has 1 N–H and O–H groups in total. The lowest BCUT2D eigenvalue weighted by Gasteiger charge is -2.25. The molecular weight excluding hydrogens is 548 g/mol. The maximum atomic E-state index is 12.9. The van der Waals surface area contributed by atoms with Crippen molar-refractivity contribution >= 4 is 38.6 Å². The average Bonchev–Trinajstić information content (AvgIpc) is 3.56. The van der Waals surface area contributed by atoms with E-state index in [1.807, 2.05) is 33.2 Å². The Morgan fingerprint density at radius 2 is 2.10 bits per heavy atom. The van der Waals surface area contributed by atoms with Crippen LogP contribution in [0.5, 0.6) is 5.88 Å². The number of fused-ring (bicyclic) bond motifs is 3. The van der Waals surface area contributed by atoms with Crippen LogP contribution in [0.15, 0.2) is 41.9 Å². The monoisotopic (exact) mass is 584 g/mol. The van der Waals surface area contributed by atoms with E-state index in [-0.39, 0.29) is 24.2 Å². The molecule has 1 aliphatic heterocycles. The number of thiophene rings is 1. The highest BCUT2D eigenvalue weighted by molar-refractivity contribution is 7.17. The molecule has 0 saturated carbocycles. The summed E-state index contributed by atoms with van der Waals surface area (Å²) in [4.78, 5) is 24.6. The Balaban J connectivity index is 1.42. The first-order chi connectivity index (χ1) is 20.3. The van der Waals surface area contributed by atoms with Crippen molar-refractivity contribution in [1.29, 1.82) is 0 Å². The Bertz CT molecular complexity index is 1760. The maximum absolute atomic E-state index is 12.9. The first kappa shape index (κ1) is 28.2. The molecule has 2 atom stereocenters. The summed E-state index contributed by atoms with van der Waals surface area (Å²) in [5, 5.41) is 21.9. The second kappa shape index (κ2) is 11.8. The molecule has 0 aliphatic carbocycles. The van der Waals surface area contributed by atoms with E-state index < -0.39 is 0 Å². The molecule has 1 aliphatic rings. The number of aromatic hydroxyl groups is 1. The lowest BCUT2D eigenvalue weighted by molar-refractivity contribution is -0.143. The molecule has 218 valence electrons. The smallest absolute Gasteiger partial charge is 0.306 e. The normalized spacial score (nSPS) is 16.4. The zero-order valence-electron chi connectivity index (χ0n) is 24.5. The molecule has 10 heteroatoms. The van der Waals surface area contributed by atoms with Crippen LogP contribution in [0.1, 0.15) is 66.1 Å². The number of nitrogens with zero attached hydrogens (tertiary/aromatic N) is 6. The van der Waals surface area contributed by atoms with Crippen molar-refractivity contribution in [3.63, 3.8) is 0 Å². The minimum absolute atomic E-state index is 0.0668. The van der Waals surface area contributed by atoms with E-state index in [4.69, 9.17) is 4.74 Å². The standard InChI is InChI=1S/C32H36N6O3S/c1-5-20-11-21-7-8-28(39)34-27(21)18-38(16-20)17-24-13-23(12-22-9-10-42-31(22)24)25(14-29(40)41-6-2)26-15-33-32-30(19(26)3)35-36-37(32)4/h7-10,12-13,15,20,25H,5-6,11,14,16-18H2,1-4H3,(H,34,39)/t20-,25-/m0/s1. The highest BCUT2D eigenvalue weighted by Crippen LogP contribution is 2.37. The number of rotatable bonds is 8. The molecule has 0 unspecified atom stereocenters. The molecule has 0 spiro atoms. The van der Waals surface area contributed by atoms with Gasteiger partial charge in [0.25, 0.3) is 0 Å². The lowest BCUT2D eigenvalue weighted by Crippen LogP contribution is -2.27. The fourth-order valence-corrected chi connectivity index (χ4v) is 7.13. The van der Waals surface area contributed by atoms with Crippen molar-refractivity contribution in [1.82, 2.24) is 29.9 Å². The number of esters is 1. The molecular formula is C32H36N6O3S. The summed E-state index contributed by atoms with van der Waals surface area (Å²) in [7, 11) is 1.83. The molecule has 1 aromatic carbocycles. The molecule has 0 saturated heterocycles. The van der Waals surface area contributed by atoms with E-state index in [2.05, 4.69) is 55.7 Å². The maximum Gasteiger partial charge on any atom is 0.306 e. The summed E-state index contributed by atoms with van der Waals surface area (Å²) in [5.41, 5.74) is 7.81. The zero-order chi connectivity index (χ0) is 29.4. The van der Waals surface area contributed by atoms with Gasteiger partial charge in [-0.3, -0.25) is 9.69 Å². The summed E-state index contributed by atoms with van der Waals surface area (Å²) < 4.78 is 8.34. The summed E-state index contributed by atoms with van der Waals surface area (Å²) in [6.45, 7) is 8.80. The van der Waals surface area contributed by atoms with E-state index in [1.165, 1.54) is 15.8 Å². The number of carbonyl (C=O) groups excluding carboxylic acids is 1. The quantitative estimate of drug-likeness (QED) is 0.233. The average molecular weight is 585 g/mol. The Morgan fingerprint density at radius 3 is 2.90 bits per heavy atom. The van der Waals surface area contributed by atoms with Crippen molar-refractivity contribution in [2.24, 2.45) is 13.0 Å². The van der Waals surface area contributed by atoms with Gasteiger partial charge in [0.05, 0.1) is 18.7 Å². The highest BCUT2D eigenvalue weighted by Gasteiger charge is 2.27. The SMILES string of the molecule is CCOC(=O)C[C@@H](c1cc(CN2Cc3nc(O)ccc3C[C@H](CC)C2)c2sccc2c1)c1cnc2c(nnn2C)c1C. The summed E-state index contributed by atoms with van der Waals surface area (Å²) in [6.07, 6.45) is 4.10. The van der Waals surface area contributed by atoms with Crippen LogP contribution in [0.25, 0.3) is 21.3 Å². The van der Waals surface area contributed by atoms with Crippen LogP contribution in [0.3, 0.4) is 0 Å². The third kappa shape index (κ3) is 5.48. The first-order valence-corrected chi connectivity index (χ1v) is 15.4. The molecule has 6 rings (SSSR count). The van der Waals surface area contributed by atoms with Gasteiger partial charge in [-0.1, -0.05) is 30.7 Å². The number of benzene rings is 1. The fraction of sp³-hybridized carbons (Fsp3) is 0.406. The molecule has 5 heterocycles. The second-order valence-corrected chi connectivity index (χ2v) is 12.1. The van der Waals surface area contributed by atoms with Crippen LogP contribution >= 0.6 is 11.3 Å². The molecule has 42 heavy (non-hydrogen) atoms. The number of aryl methyl sites for hydroxylation is 2. The second-order valence-electron chi connectivity index (χ2n) is 11.2. The van der Waals surface area contributed by atoms with Crippen molar-refractivity contribution in [3.8, 4) is 5.88 Å². The van der Waals surface area contributed by atoms with E-state index in [0.717, 1.165) is 59.2 Å². The number of aromatic nitrogens is 5. The number of pyridine rings is 2. The predicted molar refractivity (Wildman–Crippen MR) is 163 cm³/mol. The van der Waals surface area contributed by atoms with Gasteiger partial charge in [0, 0.05) is 49.6 Å². The van der Waals surface area contributed by atoms with Gasteiger partial charge in [-0.25, -0.2) is 14.6 Å². The van der Waals surface area contributed by atoms with Gasteiger partial charge < -0.3 is 9.84 Å². The van der Waals surface area contributed by atoms with Gasteiger partial charge in [-0.05, 0) is 76.9 Å². The lowest BCUT2D eigenvalue weighted by atomic mass is 9.85. The molecule has 0 radical (unpaired) electrons. The van der Waals surface area contributed by atoms with Gasteiger partial charge in [-0.15, -0.1) is 16.4 Å². The van der Waals surface area contributed by atoms with Crippen LogP contribution < -0.4 is 0 Å². The topological polar surface area (TPSA) is 106 Å². The van der Waals surface area contributed by atoms with Gasteiger partial charge in [-0.2, -0.15) is 0 Å². The molecule has 0 bridgehead atoms. The van der Waals surface area contributed by atoms with Gasteiger partial charge >= 0.3 is 5.97 Å². The van der Waals surface area contributed by atoms with Crippen molar-refractivity contribution in [2.45, 2.75) is 59.0 Å². The van der Waals surface area contributed by atoms with Crippen molar-refractivity contribution in [3.05, 3.63) is 75.4 Å². The van der Waals surface area contributed by atoms with E-state index in [9.17, 15) is 9.90 Å². The summed E-state index contributed by atoms with van der Waals surface area (Å²) in [6, 6.07) is 10.3. The van der Waals surface area contributed by atoms with Crippen LogP contribution in [0, 0.1) is 12.8 Å². The van der Waals surface area contributed by atoms with Crippen LogP contribution in [0.4, 0.5) is 0 Å². The minimum atomic E-state index is -0.252. The largest absolute Gasteiger partial charge is 0.493 e. The molecule has 0 amide bonds. The number of hydrogen-bond donors (Lipinski definition) is 1. The van der Waals surface area contributed by atoms with Crippen LogP contribution in [0.2, 0.25) is 0 Å².